The van der Waals surface area contributed by atoms with E-state index in [4.69, 9.17) is 0 Å². The van der Waals surface area contributed by atoms with Crippen LogP contribution in [-0.4, -0.2) is 17.6 Å². The van der Waals surface area contributed by atoms with Gasteiger partial charge in [-0.15, -0.1) is 0 Å². The highest BCUT2D eigenvalue weighted by molar-refractivity contribution is 5.99. The van der Waals surface area contributed by atoms with E-state index in [0.717, 1.165) is 11.4 Å². The summed E-state index contributed by atoms with van der Waals surface area (Å²) >= 11 is 0. The molecule has 0 saturated heterocycles. The zero-order valence-electron chi connectivity index (χ0n) is 10.2. The van der Waals surface area contributed by atoms with Crippen molar-refractivity contribution >= 4 is 17.4 Å². The third-order valence-electron chi connectivity index (χ3n) is 2.45. The highest BCUT2D eigenvalue weighted by Crippen LogP contribution is 2.23. The minimum absolute atomic E-state index is 0.156. The largest absolute Gasteiger partial charge is 0.338 e. The Hall–Kier alpha value is -2.36. The summed E-state index contributed by atoms with van der Waals surface area (Å²) in [5, 5.41) is 2.80. The average molecular weight is 241 g/mol. The highest BCUT2D eigenvalue weighted by atomic mass is 16.2. The lowest BCUT2D eigenvalue weighted by Crippen LogP contribution is -2.36. The van der Waals surface area contributed by atoms with Crippen LogP contribution in [0.3, 0.4) is 0 Å². The number of para-hydroxylation sites is 1. The second kappa shape index (κ2) is 5.82. The molecule has 0 spiro atoms. The molecule has 0 aliphatic heterocycles. The molecule has 2 rings (SSSR count). The number of aromatic nitrogens is 1. The summed E-state index contributed by atoms with van der Waals surface area (Å²) in [6.07, 6.45) is 3.35. The second-order valence-electron chi connectivity index (χ2n) is 3.72. The van der Waals surface area contributed by atoms with Crippen LogP contribution in [0.15, 0.2) is 54.9 Å². The summed E-state index contributed by atoms with van der Waals surface area (Å²) in [5.41, 5.74) is 1.56. The van der Waals surface area contributed by atoms with Crippen molar-refractivity contribution in [3.63, 3.8) is 0 Å². The van der Waals surface area contributed by atoms with Gasteiger partial charge in [0.05, 0.1) is 17.6 Å². The Morgan fingerprint density at radius 2 is 1.89 bits per heavy atom. The second-order valence-corrected chi connectivity index (χ2v) is 3.72. The van der Waals surface area contributed by atoms with Crippen molar-refractivity contribution in [3.05, 3.63) is 54.9 Å². The smallest absolute Gasteiger partial charge is 0.326 e. The number of urea groups is 1. The molecule has 0 bridgehead atoms. The Morgan fingerprint density at radius 3 is 2.50 bits per heavy atom. The third kappa shape index (κ3) is 2.66. The van der Waals surface area contributed by atoms with E-state index < -0.39 is 0 Å². The first-order valence-electron chi connectivity index (χ1n) is 5.86. The number of pyridine rings is 1. The summed E-state index contributed by atoms with van der Waals surface area (Å²) in [4.78, 5) is 17.8. The number of nitrogens with one attached hydrogen (secondary N) is 1. The van der Waals surface area contributed by atoms with Crippen molar-refractivity contribution in [1.82, 2.24) is 10.3 Å². The van der Waals surface area contributed by atoms with Crippen molar-refractivity contribution in [3.8, 4) is 0 Å². The lowest BCUT2D eigenvalue weighted by Gasteiger charge is -2.22. The van der Waals surface area contributed by atoms with E-state index in [1.807, 2.05) is 49.4 Å². The first-order valence-corrected chi connectivity index (χ1v) is 5.86. The Labute approximate surface area is 106 Å². The lowest BCUT2D eigenvalue weighted by atomic mass is 10.2. The maximum absolute atomic E-state index is 12.1. The topological polar surface area (TPSA) is 45.2 Å². The van der Waals surface area contributed by atoms with Gasteiger partial charge < -0.3 is 5.32 Å². The van der Waals surface area contributed by atoms with Gasteiger partial charge in [0, 0.05) is 12.7 Å². The van der Waals surface area contributed by atoms with Crippen LogP contribution in [-0.2, 0) is 0 Å². The van der Waals surface area contributed by atoms with Gasteiger partial charge in [-0.3, -0.25) is 9.88 Å². The predicted octanol–water partition coefficient (Wildman–Crippen LogP) is 2.95. The zero-order chi connectivity index (χ0) is 12.8. The molecule has 0 unspecified atom stereocenters. The molecule has 92 valence electrons. The monoisotopic (exact) mass is 241 g/mol. The lowest BCUT2D eigenvalue weighted by molar-refractivity contribution is 0.249. The number of hydrogen-bond donors (Lipinski definition) is 1. The Balaban J connectivity index is 2.38. The normalized spacial score (nSPS) is 9.83. The molecule has 0 saturated carbocycles. The van der Waals surface area contributed by atoms with Crippen molar-refractivity contribution in [2.45, 2.75) is 6.92 Å². The fourth-order valence-corrected chi connectivity index (χ4v) is 1.68. The standard InChI is InChI=1S/C14H15N3O/c1-2-16-14(18)17(12-7-4-3-5-8-12)13-9-6-10-15-11-13/h3-11H,2H2,1H3,(H,16,18). The fraction of sp³-hybridized carbons (Fsp3) is 0.143. The molecule has 0 atom stereocenters. The number of carbonyl (C=O) groups is 1. The van der Waals surface area contributed by atoms with Crippen LogP contribution in [0, 0.1) is 0 Å². The van der Waals surface area contributed by atoms with Crippen LogP contribution < -0.4 is 10.2 Å². The summed E-state index contributed by atoms with van der Waals surface area (Å²) in [6.45, 7) is 2.48. The number of carbonyl (C=O) groups excluding carboxylic acids is 1. The molecule has 0 radical (unpaired) electrons. The van der Waals surface area contributed by atoms with Crippen LogP contribution in [0.2, 0.25) is 0 Å². The minimum Gasteiger partial charge on any atom is -0.338 e. The summed E-state index contributed by atoms with van der Waals surface area (Å²) in [7, 11) is 0. The molecule has 1 heterocycles. The Bertz CT molecular complexity index is 459. The summed E-state index contributed by atoms with van der Waals surface area (Å²) in [6, 6.07) is 13.0. The first kappa shape index (κ1) is 12.1. The van der Waals surface area contributed by atoms with E-state index in [-0.39, 0.29) is 6.03 Å². The summed E-state index contributed by atoms with van der Waals surface area (Å²) in [5.74, 6) is 0. The van der Waals surface area contributed by atoms with E-state index >= 15 is 0 Å². The average Bonchev–Trinajstić information content (AvgIpc) is 2.42. The number of nitrogens with zero attached hydrogens (tertiary/aromatic N) is 2. The molecule has 4 heteroatoms. The maximum Gasteiger partial charge on any atom is 0.326 e. The molecule has 1 aromatic carbocycles. The number of benzene rings is 1. The molecular formula is C14H15N3O. The van der Waals surface area contributed by atoms with Gasteiger partial charge in [-0.05, 0) is 31.2 Å². The number of rotatable bonds is 3. The van der Waals surface area contributed by atoms with Crippen LogP contribution in [0.5, 0.6) is 0 Å². The molecule has 2 amide bonds. The third-order valence-corrected chi connectivity index (χ3v) is 2.45. The molecule has 0 aliphatic carbocycles. The van der Waals surface area contributed by atoms with Gasteiger partial charge >= 0.3 is 6.03 Å². The van der Waals surface area contributed by atoms with Gasteiger partial charge in [0.25, 0.3) is 0 Å². The molecule has 18 heavy (non-hydrogen) atoms. The van der Waals surface area contributed by atoms with E-state index in [0.29, 0.717) is 6.54 Å². The number of anilines is 2. The van der Waals surface area contributed by atoms with Crippen molar-refractivity contribution < 1.29 is 4.79 Å². The van der Waals surface area contributed by atoms with Gasteiger partial charge in [-0.2, -0.15) is 0 Å². The molecule has 4 nitrogen and oxygen atoms in total. The molecule has 1 aromatic heterocycles. The Kier molecular flexibility index (Phi) is 3.91. The summed E-state index contributed by atoms with van der Waals surface area (Å²) < 4.78 is 0. The van der Waals surface area contributed by atoms with Crippen molar-refractivity contribution in [2.75, 3.05) is 11.4 Å². The Morgan fingerprint density at radius 1 is 1.17 bits per heavy atom. The van der Waals surface area contributed by atoms with Gasteiger partial charge in [0.1, 0.15) is 0 Å². The van der Waals surface area contributed by atoms with Crippen LogP contribution in [0.1, 0.15) is 6.92 Å². The van der Waals surface area contributed by atoms with Crippen LogP contribution in [0.4, 0.5) is 16.2 Å². The van der Waals surface area contributed by atoms with Gasteiger partial charge in [-0.25, -0.2) is 4.79 Å². The number of hydrogen-bond acceptors (Lipinski definition) is 2. The zero-order valence-corrected chi connectivity index (χ0v) is 10.2. The van der Waals surface area contributed by atoms with Crippen LogP contribution >= 0.6 is 0 Å². The van der Waals surface area contributed by atoms with Gasteiger partial charge in [0.2, 0.25) is 0 Å². The van der Waals surface area contributed by atoms with E-state index in [1.165, 1.54) is 0 Å². The van der Waals surface area contributed by atoms with Crippen LogP contribution in [0.25, 0.3) is 0 Å². The molecular weight excluding hydrogens is 226 g/mol. The van der Waals surface area contributed by atoms with E-state index in [9.17, 15) is 4.79 Å². The molecule has 0 aliphatic rings. The quantitative estimate of drug-likeness (QED) is 0.898. The SMILES string of the molecule is CCNC(=O)N(c1ccccc1)c1cccnc1. The number of amides is 2. The van der Waals surface area contributed by atoms with E-state index in [2.05, 4.69) is 10.3 Å². The molecule has 0 fully saturated rings. The maximum atomic E-state index is 12.1. The first-order chi connectivity index (χ1) is 8.83. The van der Waals surface area contributed by atoms with Gasteiger partial charge in [0.15, 0.2) is 0 Å². The van der Waals surface area contributed by atoms with Crippen molar-refractivity contribution in [2.24, 2.45) is 0 Å². The minimum atomic E-state index is -0.156. The van der Waals surface area contributed by atoms with Crippen molar-refractivity contribution in [1.29, 1.82) is 0 Å². The molecule has 1 N–H and O–H groups in total. The molecule has 2 aromatic rings. The highest BCUT2D eigenvalue weighted by Gasteiger charge is 2.16. The van der Waals surface area contributed by atoms with E-state index in [1.54, 1.807) is 17.3 Å². The fourth-order valence-electron chi connectivity index (χ4n) is 1.68. The van der Waals surface area contributed by atoms with Gasteiger partial charge in [-0.1, -0.05) is 18.2 Å². The predicted molar refractivity (Wildman–Crippen MR) is 71.9 cm³/mol.